The second kappa shape index (κ2) is 5.97. The third kappa shape index (κ3) is 4.46. The highest BCUT2D eigenvalue weighted by Gasteiger charge is 2.26. The van der Waals surface area contributed by atoms with E-state index in [1.165, 1.54) is 13.8 Å². The number of halogens is 1. The highest BCUT2D eigenvalue weighted by Crippen LogP contribution is 2.15. The normalized spacial score (nSPS) is 11.1. The predicted molar refractivity (Wildman–Crippen MR) is 72.5 cm³/mol. The Balaban J connectivity index is 2.50. The number of rotatable bonds is 5. The molecule has 0 aliphatic heterocycles. The molecule has 0 aromatic heterocycles. The van der Waals surface area contributed by atoms with Gasteiger partial charge in [-0.3, -0.25) is 14.9 Å². The summed E-state index contributed by atoms with van der Waals surface area (Å²) in [6.45, 7) is 2.94. The number of anilines is 1. The second-order valence-electron chi connectivity index (χ2n) is 4.34. The van der Waals surface area contributed by atoms with Crippen LogP contribution in [0, 0.1) is 0 Å². The molecule has 18 heavy (non-hydrogen) atoms. The van der Waals surface area contributed by atoms with Gasteiger partial charge in [0.05, 0.1) is 6.54 Å². The third-order valence-electron chi connectivity index (χ3n) is 2.33. The monoisotopic (exact) mass is 314 g/mol. The van der Waals surface area contributed by atoms with Crippen LogP contribution in [-0.2, 0) is 9.59 Å². The average molecular weight is 315 g/mol. The Kier molecular flexibility index (Phi) is 4.86. The van der Waals surface area contributed by atoms with Crippen LogP contribution in [0.15, 0.2) is 28.7 Å². The van der Waals surface area contributed by atoms with Crippen molar-refractivity contribution in [3.8, 4) is 0 Å². The molecule has 0 spiro atoms. The number of carbonyl (C=O) groups is 2. The first-order chi connectivity index (χ1) is 8.31. The Morgan fingerprint density at radius 1 is 1.39 bits per heavy atom. The molecule has 6 heteroatoms. The molecule has 0 fully saturated rings. The molecule has 0 aliphatic carbocycles. The van der Waals surface area contributed by atoms with Crippen LogP contribution in [0.5, 0.6) is 0 Å². The molecular formula is C12H15BrN2O3. The Morgan fingerprint density at radius 3 is 2.61 bits per heavy atom. The summed E-state index contributed by atoms with van der Waals surface area (Å²) in [7, 11) is 0. The lowest BCUT2D eigenvalue weighted by Crippen LogP contribution is -2.49. The molecule has 5 nitrogen and oxygen atoms in total. The molecule has 0 atom stereocenters. The van der Waals surface area contributed by atoms with Crippen LogP contribution in [0.2, 0.25) is 0 Å². The number of aliphatic carboxylic acids is 1. The maximum Gasteiger partial charge on any atom is 0.323 e. The van der Waals surface area contributed by atoms with Crippen LogP contribution in [0.4, 0.5) is 5.69 Å². The van der Waals surface area contributed by atoms with Crippen molar-refractivity contribution in [1.82, 2.24) is 5.32 Å². The van der Waals surface area contributed by atoms with Gasteiger partial charge in [-0.15, -0.1) is 0 Å². The van der Waals surface area contributed by atoms with Crippen LogP contribution >= 0.6 is 15.9 Å². The van der Waals surface area contributed by atoms with Gasteiger partial charge in [0.2, 0.25) is 5.91 Å². The molecule has 1 amide bonds. The third-order valence-corrected chi connectivity index (χ3v) is 2.83. The number of hydrogen-bond acceptors (Lipinski definition) is 3. The Morgan fingerprint density at radius 2 is 2.06 bits per heavy atom. The van der Waals surface area contributed by atoms with Gasteiger partial charge >= 0.3 is 5.97 Å². The summed E-state index contributed by atoms with van der Waals surface area (Å²) >= 11 is 3.30. The average Bonchev–Trinajstić information content (AvgIpc) is 2.26. The summed E-state index contributed by atoms with van der Waals surface area (Å²) in [5.41, 5.74) is -0.474. The van der Waals surface area contributed by atoms with Crippen LogP contribution in [0.1, 0.15) is 13.8 Å². The first-order valence-corrected chi connectivity index (χ1v) is 6.14. The van der Waals surface area contributed by atoms with Gasteiger partial charge in [-0.05, 0) is 32.0 Å². The fourth-order valence-electron chi connectivity index (χ4n) is 1.15. The smallest absolute Gasteiger partial charge is 0.323 e. The number of amides is 1. The second-order valence-corrected chi connectivity index (χ2v) is 5.26. The number of carboxylic acids is 1. The van der Waals surface area contributed by atoms with Gasteiger partial charge in [0.25, 0.3) is 0 Å². The highest BCUT2D eigenvalue weighted by molar-refractivity contribution is 9.10. The molecule has 1 rings (SSSR count). The molecule has 0 heterocycles. The van der Waals surface area contributed by atoms with Crippen molar-refractivity contribution in [2.45, 2.75) is 19.4 Å². The molecule has 0 radical (unpaired) electrons. The first-order valence-electron chi connectivity index (χ1n) is 5.35. The molecule has 0 bridgehead atoms. The lowest BCUT2D eigenvalue weighted by molar-refractivity contribution is -0.143. The van der Waals surface area contributed by atoms with Crippen molar-refractivity contribution in [1.29, 1.82) is 0 Å². The SMILES string of the molecule is CC(C)(NCC(=O)Nc1cccc(Br)c1)C(=O)O. The largest absolute Gasteiger partial charge is 0.480 e. The van der Waals surface area contributed by atoms with E-state index in [2.05, 4.69) is 26.6 Å². The van der Waals surface area contributed by atoms with Gasteiger partial charge in [0, 0.05) is 10.2 Å². The first kappa shape index (κ1) is 14.7. The van der Waals surface area contributed by atoms with E-state index >= 15 is 0 Å². The summed E-state index contributed by atoms with van der Waals surface area (Å²) in [6.07, 6.45) is 0. The lowest BCUT2D eigenvalue weighted by atomic mass is 10.1. The van der Waals surface area contributed by atoms with E-state index in [0.717, 1.165) is 4.47 Å². The quantitative estimate of drug-likeness (QED) is 0.775. The zero-order chi connectivity index (χ0) is 13.8. The molecule has 3 N–H and O–H groups in total. The molecule has 1 aromatic carbocycles. The Bertz CT molecular complexity index is 460. The lowest BCUT2D eigenvalue weighted by Gasteiger charge is -2.20. The van der Waals surface area contributed by atoms with Crippen molar-refractivity contribution in [2.75, 3.05) is 11.9 Å². The van der Waals surface area contributed by atoms with Crippen molar-refractivity contribution in [3.05, 3.63) is 28.7 Å². The minimum atomic E-state index is -1.13. The van der Waals surface area contributed by atoms with Gasteiger partial charge in [-0.2, -0.15) is 0 Å². The van der Waals surface area contributed by atoms with E-state index in [9.17, 15) is 9.59 Å². The number of benzene rings is 1. The van der Waals surface area contributed by atoms with Gasteiger partial charge in [-0.1, -0.05) is 22.0 Å². The molecule has 1 aromatic rings. The summed E-state index contributed by atoms with van der Waals surface area (Å²) in [6, 6.07) is 7.17. The summed E-state index contributed by atoms with van der Waals surface area (Å²) < 4.78 is 0.860. The van der Waals surface area contributed by atoms with Gasteiger partial charge in [0.1, 0.15) is 5.54 Å². The molecule has 0 saturated heterocycles. The summed E-state index contributed by atoms with van der Waals surface area (Å²) in [4.78, 5) is 22.4. The minimum Gasteiger partial charge on any atom is -0.480 e. The van der Waals surface area contributed by atoms with Crippen molar-refractivity contribution in [2.24, 2.45) is 0 Å². The van der Waals surface area contributed by atoms with Crippen LogP contribution in [0.3, 0.4) is 0 Å². The molecule has 98 valence electrons. The van der Waals surface area contributed by atoms with Gasteiger partial charge in [-0.25, -0.2) is 0 Å². The molecule has 0 unspecified atom stereocenters. The number of carbonyl (C=O) groups excluding carboxylic acids is 1. The van der Waals surface area contributed by atoms with Gasteiger partial charge < -0.3 is 10.4 Å². The molecule has 0 saturated carbocycles. The fourth-order valence-corrected chi connectivity index (χ4v) is 1.55. The van der Waals surface area contributed by atoms with Gasteiger partial charge in [0.15, 0.2) is 0 Å². The fraction of sp³-hybridized carbons (Fsp3) is 0.333. The Labute approximate surface area is 114 Å². The van der Waals surface area contributed by atoms with Crippen LogP contribution in [0.25, 0.3) is 0 Å². The van der Waals surface area contributed by atoms with Crippen molar-refractivity contribution < 1.29 is 14.7 Å². The maximum atomic E-state index is 11.6. The van der Waals surface area contributed by atoms with E-state index < -0.39 is 11.5 Å². The Hall–Kier alpha value is -1.40. The summed E-state index contributed by atoms with van der Waals surface area (Å²) in [5, 5.41) is 14.2. The number of carboxylic acid groups (broad SMARTS) is 1. The number of nitrogens with one attached hydrogen (secondary N) is 2. The highest BCUT2D eigenvalue weighted by atomic mass is 79.9. The van der Waals surface area contributed by atoms with E-state index in [1.807, 2.05) is 6.07 Å². The zero-order valence-corrected chi connectivity index (χ0v) is 11.7. The molecular weight excluding hydrogens is 300 g/mol. The van der Waals surface area contributed by atoms with E-state index in [-0.39, 0.29) is 12.5 Å². The topological polar surface area (TPSA) is 78.4 Å². The van der Waals surface area contributed by atoms with E-state index in [4.69, 9.17) is 5.11 Å². The van der Waals surface area contributed by atoms with Crippen molar-refractivity contribution >= 4 is 33.5 Å². The van der Waals surface area contributed by atoms with E-state index in [1.54, 1.807) is 18.2 Å². The zero-order valence-electron chi connectivity index (χ0n) is 10.2. The van der Waals surface area contributed by atoms with Crippen LogP contribution in [-0.4, -0.2) is 29.1 Å². The maximum absolute atomic E-state index is 11.6. The minimum absolute atomic E-state index is 0.0637. The van der Waals surface area contributed by atoms with Crippen LogP contribution < -0.4 is 10.6 Å². The predicted octanol–water partition coefficient (Wildman–Crippen LogP) is 1.84. The summed E-state index contributed by atoms with van der Waals surface area (Å²) in [5.74, 6) is -1.29. The number of hydrogen-bond donors (Lipinski definition) is 3. The molecule has 0 aliphatic rings. The van der Waals surface area contributed by atoms with Crippen molar-refractivity contribution in [3.63, 3.8) is 0 Å². The van der Waals surface area contributed by atoms with E-state index in [0.29, 0.717) is 5.69 Å². The standard InChI is InChI=1S/C12H15BrN2O3/c1-12(2,11(17)18)14-7-10(16)15-9-5-3-4-8(13)6-9/h3-6,14H,7H2,1-2H3,(H,15,16)(H,17,18).